The van der Waals surface area contributed by atoms with Crippen LogP contribution in [0.15, 0.2) is 27.8 Å². The van der Waals surface area contributed by atoms with E-state index in [2.05, 4.69) is 19.8 Å². The van der Waals surface area contributed by atoms with Crippen LogP contribution in [0.4, 0.5) is 14.7 Å². The Morgan fingerprint density at radius 2 is 2.04 bits per heavy atom. The standard InChI is InChI=1S/C16H18F2N4O2S/c1-4-6-11-20-22(15-19-14(13(17)18)24-21-15)16(25-11)23-12-9(2)7-5-8-10(12)3/h5,7-8,13,16H,4,6H2,1-3H3. The van der Waals surface area contributed by atoms with Gasteiger partial charge in [-0.2, -0.15) is 23.9 Å². The van der Waals surface area contributed by atoms with Crippen molar-refractivity contribution in [1.82, 2.24) is 10.1 Å². The zero-order valence-corrected chi connectivity index (χ0v) is 14.9. The molecule has 2 aromatic rings. The minimum Gasteiger partial charge on any atom is -0.458 e. The number of hydrogen-bond acceptors (Lipinski definition) is 7. The number of hydrogen-bond donors (Lipinski definition) is 0. The summed E-state index contributed by atoms with van der Waals surface area (Å²) in [6, 6.07) is 5.84. The molecule has 0 spiro atoms. The number of thioether (sulfide) groups is 1. The molecule has 1 aromatic carbocycles. The maximum Gasteiger partial charge on any atom is 0.316 e. The highest BCUT2D eigenvalue weighted by molar-refractivity contribution is 8.14. The van der Waals surface area contributed by atoms with Crippen molar-refractivity contribution in [2.75, 3.05) is 5.01 Å². The van der Waals surface area contributed by atoms with Gasteiger partial charge in [0.25, 0.3) is 11.8 Å². The summed E-state index contributed by atoms with van der Waals surface area (Å²) in [5.41, 5.74) is 1.38. The molecule has 2 heterocycles. The lowest BCUT2D eigenvalue weighted by Gasteiger charge is -2.22. The first kappa shape index (κ1) is 17.7. The van der Waals surface area contributed by atoms with E-state index >= 15 is 0 Å². The summed E-state index contributed by atoms with van der Waals surface area (Å²) in [6.45, 7) is 5.93. The molecular formula is C16H18F2N4O2S. The van der Waals surface area contributed by atoms with Crippen LogP contribution in [0.5, 0.6) is 5.75 Å². The summed E-state index contributed by atoms with van der Waals surface area (Å²) in [4.78, 5) is 3.72. The zero-order chi connectivity index (χ0) is 18.0. The van der Waals surface area contributed by atoms with Crippen molar-refractivity contribution in [2.24, 2.45) is 5.10 Å². The highest BCUT2D eigenvalue weighted by atomic mass is 32.2. The van der Waals surface area contributed by atoms with E-state index in [1.165, 1.54) is 16.8 Å². The van der Waals surface area contributed by atoms with Crippen molar-refractivity contribution in [3.05, 3.63) is 35.2 Å². The number of anilines is 1. The van der Waals surface area contributed by atoms with Crippen LogP contribution in [0.3, 0.4) is 0 Å². The van der Waals surface area contributed by atoms with Crippen molar-refractivity contribution in [3.8, 4) is 5.75 Å². The van der Waals surface area contributed by atoms with Crippen LogP contribution >= 0.6 is 11.8 Å². The van der Waals surface area contributed by atoms with E-state index in [4.69, 9.17) is 4.74 Å². The molecule has 0 radical (unpaired) electrons. The van der Waals surface area contributed by atoms with Crippen LogP contribution in [0.2, 0.25) is 0 Å². The number of aryl methyl sites for hydroxylation is 2. The number of alkyl halides is 2. The monoisotopic (exact) mass is 368 g/mol. The molecule has 3 rings (SSSR count). The molecule has 1 unspecified atom stereocenters. The van der Waals surface area contributed by atoms with Crippen LogP contribution in [-0.4, -0.2) is 20.7 Å². The van der Waals surface area contributed by atoms with Gasteiger partial charge in [-0.25, -0.2) is 0 Å². The Labute approximate surface area is 148 Å². The minimum absolute atomic E-state index is 0.0369. The van der Waals surface area contributed by atoms with Crippen molar-refractivity contribution >= 4 is 22.8 Å². The second kappa shape index (κ2) is 7.38. The van der Waals surface area contributed by atoms with E-state index < -0.39 is 17.9 Å². The lowest BCUT2D eigenvalue weighted by Crippen LogP contribution is -2.30. The lowest BCUT2D eigenvalue weighted by atomic mass is 10.1. The zero-order valence-electron chi connectivity index (χ0n) is 14.1. The largest absolute Gasteiger partial charge is 0.458 e. The summed E-state index contributed by atoms with van der Waals surface area (Å²) >= 11 is 1.41. The number of nitrogens with zero attached hydrogens (tertiary/aromatic N) is 4. The molecule has 0 saturated heterocycles. The maximum atomic E-state index is 12.7. The number of aromatic nitrogens is 2. The summed E-state index contributed by atoms with van der Waals surface area (Å²) in [6.07, 6.45) is -1.16. The van der Waals surface area contributed by atoms with Gasteiger partial charge in [0.1, 0.15) is 5.75 Å². The Bertz CT molecular complexity index is 761. The third kappa shape index (κ3) is 3.76. The van der Waals surface area contributed by atoms with Gasteiger partial charge in [-0.05, 0) is 54.7 Å². The Kier molecular flexibility index (Phi) is 5.22. The van der Waals surface area contributed by atoms with Gasteiger partial charge in [0.15, 0.2) is 0 Å². The molecule has 0 bridgehead atoms. The Hall–Kier alpha value is -2.16. The van der Waals surface area contributed by atoms with Gasteiger partial charge in [-0.15, -0.1) is 0 Å². The van der Waals surface area contributed by atoms with E-state index in [-0.39, 0.29) is 5.95 Å². The fourth-order valence-electron chi connectivity index (χ4n) is 2.39. The fourth-order valence-corrected chi connectivity index (χ4v) is 3.46. The average Bonchev–Trinajstić information content (AvgIpc) is 3.18. The topological polar surface area (TPSA) is 63.8 Å². The first-order valence-corrected chi connectivity index (χ1v) is 8.75. The maximum absolute atomic E-state index is 12.7. The smallest absolute Gasteiger partial charge is 0.316 e. The average molecular weight is 368 g/mol. The number of hydrazone groups is 1. The first-order valence-electron chi connectivity index (χ1n) is 7.87. The number of benzene rings is 1. The molecule has 25 heavy (non-hydrogen) atoms. The van der Waals surface area contributed by atoms with Crippen LogP contribution in [0, 0.1) is 13.8 Å². The molecule has 6 nitrogen and oxygen atoms in total. The van der Waals surface area contributed by atoms with E-state index in [1.807, 2.05) is 39.0 Å². The Balaban J connectivity index is 1.88. The molecule has 0 aliphatic carbocycles. The Morgan fingerprint density at radius 3 is 2.64 bits per heavy atom. The van der Waals surface area contributed by atoms with Gasteiger partial charge < -0.3 is 9.26 Å². The van der Waals surface area contributed by atoms with E-state index in [0.717, 1.165) is 34.8 Å². The van der Waals surface area contributed by atoms with Crippen LogP contribution in [0.1, 0.15) is 43.2 Å². The first-order chi connectivity index (χ1) is 12.0. The summed E-state index contributed by atoms with van der Waals surface area (Å²) in [7, 11) is 0. The Morgan fingerprint density at radius 1 is 1.32 bits per heavy atom. The van der Waals surface area contributed by atoms with Gasteiger partial charge in [-0.3, -0.25) is 0 Å². The van der Waals surface area contributed by atoms with E-state index in [1.54, 1.807) is 0 Å². The number of rotatable bonds is 6. The highest BCUT2D eigenvalue weighted by Gasteiger charge is 2.34. The van der Waals surface area contributed by atoms with Gasteiger partial charge in [0, 0.05) is 0 Å². The van der Waals surface area contributed by atoms with Crippen molar-refractivity contribution in [3.63, 3.8) is 0 Å². The van der Waals surface area contributed by atoms with Crippen LogP contribution in [0.25, 0.3) is 0 Å². The highest BCUT2D eigenvalue weighted by Crippen LogP contribution is 2.35. The predicted octanol–water partition coefficient (Wildman–Crippen LogP) is 4.65. The molecule has 0 N–H and O–H groups in total. The van der Waals surface area contributed by atoms with Gasteiger partial charge in [0.05, 0.1) is 5.04 Å². The normalized spacial score (nSPS) is 17.3. The molecule has 134 valence electrons. The molecular weight excluding hydrogens is 350 g/mol. The quantitative estimate of drug-likeness (QED) is 0.739. The van der Waals surface area contributed by atoms with Gasteiger partial charge in [-0.1, -0.05) is 25.1 Å². The molecule has 1 atom stereocenters. The minimum atomic E-state index is -2.83. The molecule has 1 aliphatic heterocycles. The van der Waals surface area contributed by atoms with Crippen LogP contribution in [-0.2, 0) is 0 Å². The van der Waals surface area contributed by atoms with E-state index in [9.17, 15) is 8.78 Å². The second-order valence-corrected chi connectivity index (χ2v) is 6.70. The van der Waals surface area contributed by atoms with Crippen LogP contribution < -0.4 is 9.75 Å². The number of ether oxygens (including phenoxy) is 1. The summed E-state index contributed by atoms with van der Waals surface area (Å²) < 4.78 is 36.2. The van der Waals surface area contributed by atoms with Crippen molar-refractivity contribution in [2.45, 2.75) is 45.6 Å². The van der Waals surface area contributed by atoms with Gasteiger partial charge in [0.2, 0.25) is 5.56 Å². The molecule has 1 aliphatic rings. The molecule has 9 heteroatoms. The van der Waals surface area contributed by atoms with Crippen molar-refractivity contribution in [1.29, 1.82) is 0 Å². The lowest BCUT2D eigenvalue weighted by molar-refractivity contribution is 0.106. The predicted molar refractivity (Wildman–Crippen MR) is 92.0 cm³/mol. The van der Waals surface area contributed by atoms with Crippen molar-refractivity contribution < 1.29 is 18.0 Å². The second-order valence-electron chi connectivity index (χ2n) is 5.59. The van der Waals surface area contributed by atoms with Gasteiger partial charge >= 0.3 is 6.43 Å². The number of para-hydroxylation sites is 1. The third-order valence-corrected chi connectivity index (χ3v) is 4.63. The third-order valence-electron chi connectivity index (χ3n) is 3.57. The fraction of sp³-hybridized carbons (Fsp3) is 0.438. The summed E-state index contributed by atoms with van der Waals surface area (Å²) in [5.74, 6) is -0.0365. The molecule has 0 fully saturated rings. The molecule has 0 amide bonds. The summed E-state index contributed by atoms with van der Waals surface area (Å²) in [5, 5.41) is 10.2. The SMILES string of the molecule is CCCC1=NN(c2noc(C(F)F)n2)C(Oc2c(C)cccc2C)S1. The molecule has 0 saturated carbocycles. The number of halogens is 2. The van der Waals surface area contributed by atoms with E-state index in [0.29, 0.717) is 0 Å². The molecule has 1 aromatic heterocycles.